The number of hydrogen-bond acceptors (Lipinski definition) is 5. The molecule has 0 saturated carbocycles. The molecule has 3 aliphatic rings. The Morgan fingerprint density at radius 3 is 2.16 bits per heavy atom. The molecule has 3 aliphatic heterocycles. The van der Waals surface area contributed by atoms with Gasteiger partial charge in [-0.25, -0.2) is 0 Å². The van der Waals surface area contributed by atoms with Crippen molar-refractivity contribution in [2.45, 2.75) is 37.4 Å². The van der Waals surface area contributed by atoms with E-state index in [1.165, 1.54) is 0 Å². The van der Waals surface area contributed by atoms with E-state index in [0.29, 0.717) is 28.5 Å². The van der Waals surface area contributed by atoms with Gasteiger partial charge in [-0.05, 0) is 31.2 Å². The Morgan fingerprint density at radius 1 is 0.886 bits per heavy atom. The van der Waals surface area contributed by atoms with Crippen molar-refractivity contribution in [3.8, 4) is 0 Å². The molecular formula is C35H28N4O5. The summed E-state index contributed by atoms with van der Waals surface area (Å²) in [6, 6.07) is 24.7. The molecule has 9 heteroatoms. The molecule has 0 aliphatic carbocycles. The Balaban J connectivity index is 1.44. The van der Waals surface area contributed by atoms with E-state index in [2.05, 4.69) is 14.5 Å². The average Bonchev–Trinajstić information content (AvgIpc) is 3.65. The van der Waals surface area contributed by atoms with Crippen LogP contribution in [0.1, 0.15) is 50.6 Å². The second-order valence-corrected chi connectivity index (χ2v) is 12.1. The average molecular weight is 585 g/mol. The van der Waals surface area contributed by atoms with Crippen LogP contribution in [-0.4, -0.2) is 58.1 Å². The molecule has 218 valence electrons. The Labute approximate surface area is 251 Å². The van der Waals surface area contributed by atoms with Crippen molar-refractivity contribution in [3.05, 3.63) is 95.6 Å². The predicted molar refractivity (Wildman–Crippen MR) is 166 cm³/mol. The Kier molecular flexibility index (Phi) is 4.96. The monoisotopic (exact) mass is 584 g/mol. The van der Waals surface area contributed by atoms with Crippen LogP contribution in [0.4, 0.5) is 0 Å². The normalized spacial score (nSPS) is 23.9. The maximum Gasteiger partial charge on any atom is 0.259 e. The summed E-state index contributed by atoms with van der Waals surface area (Å²) in [4.78, 5) is 42.7. The molecule has 1 saturated heterocycles. The van der Waals surface area contributed by atoms with Gasteiger partial charge in [0, 0.05) is 47.7 Å². The highest BCUT2D eigenvalue weighted by Gasteiger charge is 2.55. The summed E-state index contributed by atoms with van der Waals surface area (Å²) < 4.78 is 17.8. The molecular weight excluding hydrogens is 556 g/mol. The van der Waals surface area contributed by atoms with E-state index in [0.717, 1.165) is 38.2 Å². The largest absolute Gasteiger partial charge is 0.374 e. The van der Waals surface area contributed by atoms with E-state index in [-0.39, 0.29) is 11.9 Å². The molecule has 6 aromatic rings. The maximum absolute atomic E-state index is 13.9. The van der Waals surface area contributed by atoms with Gasteiger partial charge in [0.2, 0.25) is 0 Å². The highest BCUT2D eigenvalue weighted by Crippen LogP contribution is 2.54. The molecule has 5 heterocycles. The minimum Gasteiger partial charge on any atom is -0.374 e. The van der Waals surface area contributed by atoms with Crippen molar-refractivity contribution in [2.75, 3.05) is 14.2 Å². The number of carbonyl (C=O) groups is 3. The summed E-state index contributed by atoms with van der Waals surface area (Å²) in [5.41, 5.74) is 3.66. The maximum atomic E-state index is 13.9. The molecule has 0 radical (unpaired) electrons. The number of nitrogens with zero attached hydrogens (tertiary/aromatic N) is 3. The van der Waals surface area contributed by atoms with E-state index in [1.54, 1.807) is 12.0 Å². The molecule has 44 heavy (non-hydrogen) atoms. The highest BCUT2D eigenvalue weighted by molar-refractivity contribution is 6.39. The molecule has 3 unspecified atom stereocenters. The lowest BCUT2D eigenvalue weighted by molar-refractivity contribution is -0.264. The smallest absolute Gasteiger partial charge is 0.259 e. The number of imide groups is 1. The molecule has 3 amide bonds. The molecule has 2 bridgehead atoms. The second kappa shape index (κ2) is 8.56. The minimum atomic E-state index is -1.10. The third-order valence-corrected chi connectivity index (χ3v) is 9.96. The molecule has 4 atom stereocenters. The molecule has 0 spiro atoms. The van der Waals surface area contributed by atoms with Crippen LogP contribution < -0.4 is 5.32 Å². The lowest BCUT2D eigenvalue weighted by atomic mass is 9.91. The number of fused-ring (bicyclic) bond motifs is 13. The van der Waals surface area contributed by atoms with Crippen LogP contribution in [0.2, 0.25) is 0 Å². The SMILES string of the molecule is COC1C(N(C)C(=O)c2ccccc2)CC2O[C@]1(C)n1c3ccccc3c3c4c(c5c6ccccc6n2c5c31)C(=O)NC4=O. The second-order valence-electron chi connectivity index (χ2n) is 12.1. The van der Waals surface area contributed by atoms with Gasteiger partial charge in [0.1, 0.15) is 12.3 Å². The summed E-state index contributed by atoms with van der Waals surface area (Å²) in [5.74, 6) is -0.908. The summed E-state index contributed by atoms with van der Waals surface area (Å²) in [6.07, 6.45) is -0.640. The zero-order chi connectivity index (χ0) is 30.1. The Morgan fingerprint density at radius 2 is 1.48 bits per heavy atom. The van der Waals surface area contributed by atoms with E-state index in [9.17, 15) is 14.4 Å². The quantitative estimate of drug-likeness (QED) is 0.276. The molecule has 1 fully saturated rings. The third-order valence-electron chi connectivity index (χ3n) is 9.96. The lowest BCUT2D eigenvalue weighted by Gasteiger charge is -2.50. The molecule has 4 aromatic carbocycles. The summed E-state index contributed by atoms with van der Waals surface area (Å²) in [7, 11) is 3.48. The fourth-order valence-corrected chi connectivity index (χ4v) is 8.25. The fourth-order valence-electron chi connectivity index (χ4n) is 8.25. The standard InChI is InChI=1S/C35H28N4O5/c1-35-31(43-3)23(37(2)34(42)18-11-5-4-6-12-18)17-24(44-35)38-21-15-9-7-13-19(21)25-27-28(33(41)36-32(27)40)26-20-14-8-10-16-22(20)39(35)30(26)29(25)38/h4-16,23-24,31H,17H2,1-3H3,(H,36,40,41)/t23?,24?,31?,35-/m0/s1. The van der Waals surface area contributed by atoms with Gasteiger partial charge in [0.15, 0.2) is 5.72 Å². The number of aromatic nitrogens is 2. The van der Waals surface area contributed by atoms with Crippen LogP contribution in [0.5, 0.6) is 0 Å². The van der Waals surface area contributed by atoms with Gasteiger partial charge in [-0.1, -0.05) is 54.6 Å². The van der Waals surface area contributed by atoms with E-state index in [4.69, 9.17) is 9.47 Å². The van der Waals surface area contributed by atoms with Crippen LogP contribution >= 0.6 is 0 Å². The first-order chi connectivity index (χ1) is 21.3. The topological polar surface area (TPSA) is 94.8 Å². The first-order valence-electron chi connectivity index (χ1n) is 14.8. The van der Waals surface area contributed by atoms with Crippen molar-refractivity contribution in [2.24, 2.45) is 0 Å². The lowest BCUT2D eigenvalue weighted by Crippen LogP contribution is -2.61. The van der Waals surface area contributed by atoms with Crippen LogP contribution in [-0.2, 0) is 15.2 Å². The van der Waals surface area contributed by atoms with Crippen LogP contribution in [0.25, 0.3) is 43.6 Å². The van der Waals surface area contributed by atoms with E-state index >= 15 is 0 Å². The number of benzene rings is 4. The number of ether oxygens (including phenoxy) is 2. The molecule has 9 rings (SSSR count). The van der Waals surface area contributed by atoms with E-state index in [1.807, 2.05) is 92.8 Å². The van der Waals surface area contributed by atoms with Crippen LogP contribution in [0.3, 0.4) is 0 Å². The number of nitrogens with one attached hydrogen (secondary N) is 1. The molecule has 9 nitrogen and oxygen atoms in total. The van der Waals surface area contributed by atoms with Gasteiger partial charge >= 0.3 is 0 Å². The molecule has 1 N–H and O–H groups in total. The van der Waals surface area contributed by atoms with Crippen LogP contribution in [0, 0.1) is 0 Å². The van der Waals surface area contributed by atoms with Crippen LogP contribution in [0.15, 0.2) is 78.9 Å². The predicted octanol–water partition coefficient (Wildman–Crippen LogP) is 5.55. The van der Waals surface area contributed by atoms with Gasteiger partial charge in [-0.3, -0.25) is 19.7 Å². The summed E-state index contributed by atoms with van der Waals surface area (Å²) in [5, 5.41) is 5.74. The van der Waals surface area contributed by atoms with E-state index < -0.39 is 29.9 Å². The van der Waals surface area contributed by atoms with Crippen molar-refractivity contribution < 1.29 is 23.9 Å². The minimum absolute atomic E-state index is 0.108. The van der Waals surface area contributed by atoms with Crippen molar-refractivity contribution in [1.29, 1.82) is 0 Å². The number of methoxy groups -OCH3 is 1. The first-order valence-corrected chi connectivity index (χ1v) is 14.8. The number of carbonyl (C=O) groups excluding carboxylic acids is 3. The third kappa shape index (κ3) is 2.93. The van der Waals surface area contributed by atoms with Gasteiger partial charge in [-0.2, -0.15) is 0 Å². The van der Waals surface area contributed by atoms with Gasteiger partial charge in [0.05, 0.1) is 39.2 Å². The number of amides is 3. The van der Waals surface area contributed by atoms with Crippen molar-refractivity contribution in [1.82, 2.24) is 19.4 Å². The number of likely N-dealkylation sites (N-methyl/N-ethyl adjacent to an activating group) is 1. The summed E-state index contributed by atoms with van der Waals surface area (Å²) in [6.45, 7) is 2.01. The number of hydrogen-bond donors (Lipinski definition) is 1. The number of rotatable bonds is 3. The Hall–Kier alpha value is -4.99. The first kappa shape index (κ1) is 25.5. The van der Waals surface area contributed by atoms with Gasteiger partial charge in [-0.15, -0.1) is 0 Å². The fraction of sp³-hybridized carbons (Fsp3) is 0.229. The zero-order valence-corrected chi connectivity index (χ0v) is 24.3. The van der Waals surface area contributed by atoms with Gasteiger partial charge in [0.25, 0.3) is 17.7 Å². The number of para-hydroxylation sites is 2. The van der Waals surface area contributed by atoms with Gasteiger partial charge < -0.3 is 23.5 Å². The Bertz CT molecular complexity index is 2270. The zero-order valence-electron chi connectivity index (χ0n) is 24.3. The molecule has 2 aromatic heterocycles. The highest BCUT2D eigenvalue weighted by atomic mass is 16.6. The van der Waals surface area contributed by atoms with Crippen molar-refractivity contribution >= 4 is 61.3 Å². The van der Waals surface area contributed by atoms with Crippen molar-refractivity contribution in [3.63, 3.8) is 0 Å². The summed E-state index contributed by atoms with van der Waals surface area (Å²) >= 11 is 0.